The topological polar surface area (TPSA) is 832 Å². The molecule has 54 heteroatoms. The monoisotopic (exact) mass is 1880 g/mol. The number of carbonyl (C=O) groups is 14. The van der Waals surface area contributed by atoms with Gasteiger partial charge in [-0.05, 0) is 50.9 Å². The Morgan fingerprint density at radius 3 is 1.53 bits per heavy atom. The maximum Gasteiger partial charge on any atom is 0.326 e. The number of aliphatic carboxylic acids is 2. The van der Waals surface area contributed by atoms with Gasteiger partial charge in [0.1, 0.15) is 121 Å². The van der Waals surface area contributed by atoms with E-state index in [0.29, 0.717) is 17.1 Å². The fourth-order valence-electron chi connectivity index (χ4n) is 15.9. The molecule has 0 radical (unpaired) electrons. The Labute approximate surface area is 753 Å². The number of imidazole rings is 3. The van der Waals surface area contributed by atoms with Gasteiger partial charge in [0.05, 0.1) is 82.7 Å². The number of amides is 12. The van der Waals surface area contributed by atoms with Gasteiger partial charge in [0.25, 0.3) is 0 Å². The molecule has 0 saturated carbocycles. The number of aliphatic hydroxyl groups excluding tert-OH is 10. The molecule has 9 rings (SSSR count). The molecule has 132 heavy (non-hydrogen) atoms. The lowest BCUT2D eigenvalue weighted by Gasteiger charge is -2.32. The summed E-state index contributed by atoms with van der Waals surface area (Å²) in [5.74, 6) is -17.3. The number of aromatic nitrogens is 6. The van der Waals surface area contributed by atoms with E-state index in [0.717, 1.165) is 14.7 Å². The Kier molecular flexibility index (Phi) is 38.4. The summed E-state index contributed by atoms with van der Waals surface area (Å²) in [6, 6.07) is -19.6. The highest BCUT2D eigenvalue weighted by molar-refractivity contribution is 6.00. The third-order valence-corrected chi connectivity index (χ3v) is 22.9. The van der Waals surface area contributed by atoms with E-state index < -0.39 is 319 Å². The third-order valence-electron chi connectivity index (χ3n) is 22.9. The number of β-amino-alcohol motifs (C(OH)–C–C–N with tert-alkyl or cyclic N) is 1. The second-order valence-electron chi connectivity index (χ2n) is 33.7. The number of likely N-dealkylation sites (tertiary alicyclic amines) is 3. The van der Waals surface area contributed by atoms with E-state index in [4.69, 9.17) is 45.6 Å². The van der Waals surface area contributed by atoms with E-state index in [1.165, 1.54) is 58.3 Å². The molecule has 30 N–H and O–H groups in total. The van der Waals surface area contributed by atoms with Crippen molar-refractivity contribution in [2.75, 3.05) is 59.2 Å². The second-order valence-corrected chi connectivity index (χ2v) is 33.7. The molecular weight excluding hydrogens is 1760 g/mol. The zero-order valence-electron chi connectivity index (χ0n) is 72.7. The highest BCUT2D eigenvalue weighted by Gasteiger charge is 2.57. The maximum atomic E-state index is 15.2. The normalized spacial score (nSPS) is 26.9. The predicted octanol–water partition coefficient (Wildman–Crippen LogP) is -13.8. The van der Waals surface area contributed by atoms with Crippen molar-refractivity contribution >= 4 is 88.8 Å². The molecule has 0 aromatic carbocycles. The van der Waals surface area contributed by atoms with Crippen LogP contribution in [-0.2, 0) is 115 Å². The van der Waals surface area contributed by atoms with Gasteiger partial charge < -0.3 is 184 Å². The zero-order valence-corrected chi connectivity index (χ0v) is 72.7. The minimum Gasteiger partial charge on any atom is -0.481 e. The van der Waals surface area contributed by atoms with Gasteiger partial charge in [-0.3, -0.25) is 67.3 Å². The number of aliphatic imine (C=N–C) groups is 1. The highest BCUT2D eigenvalue weighted by Crippen LogP contribution is 2.37. The fourth-order valence-corrected chi connectivity index (χ4v) is 15.9. The number of aliphatic hydroxyl groups is 10. The maximum absolute atomic E-state index is 15.2. The number of guanidine groups is 1. The van der Waals surface area contributed by atoms with Crippen molar-refractivity contribution in [1.29, 1.82) is 0 Å². The van der Waals surface area contributed by atoms with Crippen LogP contribution in [-0.4, -0.2) is 418 Å². The molecule has 54 nitrogen and oxygen atoms in total. The molecule has 734 valence electrons. The first-order chi connectivity index (χ1) is 62.6. The van der Waals surface area contributed by atoms with Crippen LogP contribution >= 0.6 is 0 Å². The van der Waals surface area contributed by atoms with Gasteiger partial charge in [-0.15, -0.1) is 0 Å². The number of H-pyrrole nitrogens is 3. The van der Waals surface area contributed by atoms with Gasteiger partial charge in [0, 0.05) is 94.0 Å². The minimum atomic E-state index is -2.10. The summed E-state index contributed by atoms with van der Waals surface area (Å²) in [4.78, 5) is 225. The number of nitrogens with one attached hydrogen (secondary N) is 12. The van der Waals surface area contributed by atoms with E-state index in [1.54, 1.807) is 13.8 Å². The lowest BCUT2D eigenvalue weighted by molar-refractivity contribution is -0.280. The number of carboxylic acids is 2. The second kappa shape index (κ2) is 48.5. The van der Waals surface area contributed by atoms with Gasteiger partial charge in [0.15, 0.2) is 24.8 Å². The van der Waals surface area contributed by atoms with Crippen LogP contribution < -0.4 is 65.1 Å². The number of nitrogens with two attached hydrogens (primary N) is 3. The zero-order chi connectivity index (χ0) is 96.8. The number of hydrogen-bond acceptors (Lipinski definition) is 35. The number of ether oxygens (including phenoxy) is 6. The highest BCUT2D eigenvalue weighted by atomic mass is 16.8. The van der Waals surface area contributed by atoms with Gasteiger partial charge in [-0.25, -0.2) is 19.7 Å². The van der Waals surface area contributed by atoms with Crippen molar-refractivity contribution in [3.05, 3.63) is 54.7 Å². The molecule has 0 unspecified atom stereocenters. The fraction of sp³-hybridized carbons (Fsp3) is 0.692. The number of nitrogens with zero attached hydrogens (tertiary/aromatic N) is 7. The molecular formula is C78H120N22O32. The average molecular weight is 1880 g/mol. The van der Waals surface area contributed by atoms with Gasteiger partial charge in [-0.2, -0.15) is 0 Å². The van der Waals surface area contributed by atoms with E-state index in [2.05, 4.69) is 82.7 Å². The van der Waals surface area contributed by atoms with E-state index >= 15 is 9.59 Å². The molecule has 6 fully saturated rings. The van der Waals surface area contributed by atoms with Crippen molar-refractivity contribution in [3.63, 3.8) is 0 Å². The molecule has 27 atom stereocenters. The van der Waals surface area contributed by atoms with Gasteiger partial charge in [-0.1, -0.05) is 27.7 Å². The van der Waals surface area contributed by atoms with Crippen LogP contribution in [0.3, 0.4) is 0 Å². The van der Waals surface area contributed by atoms with Crippen molar-refractivity contribution in [2.45, 2.75) is 270 Å². The first kappa shape index (κ1) is 105. The van der Waals surface area contributed by atoms with E-state index in [-0.39, 0.29) is 76.3 Å². The Hall–Kier alpha value is -11.2. The smallest absolute Gasteiger partial charge is 0.326 e. The molecule has 9 heterocycles. The van der Waals surface area contributed by atoms with Crippen LogP contribution in [0, 0.1) is 11.8 Å². The molecule has 3 aromatic heterocycles. The van der Waals surface area contributed by atoms with Crippen LogP contribution in [0.25, 0.3) is 0 Å². The molecule has 6 aliphatic rings. The first-order valence-electron chi connectivity index (χ1n) is 42.9. The number of hydrogen-bond donors (Lipinski definition) is 27. The summed E-state index contributed by atoms with van der Waals surface area (Å²) >= 11 is 0. The van der Waals surface area contributed by atoms with Crippen LogP contribution in [0.1, 0.15) is 103 Å². The summed E-state index contributed by atoms with van der Waals surface area (Å²) in [5, 5.41) is 149. The number of carbonyl (C=O) groups excluding carboxylic acids is 12. The van der Waals surface area contributed by atoms with Crippen LogP contribution in [0.15, 0.2) is 42.6 Å². The average Bonchev–Trinajstić information content (AvgIpc) is 1.63. The molecule has 0 aliphatic carbocycles. The Bertz CT molecular complexity index is 4420. The third kappa shape index (κ3) is 27.7. The molecule has 0 bridgehead atoms. The summed E-state index contributed by atoms with van der Waals surface area (Å²) in [7, 11) is 0. The summed E-state index contributed by atoms with van der Waals surface area (Å²) in [6.45, 7) is 1.22. The summed E-state index contributed by atoms with van der Waals surface area (Å²) in [6.07, 6.45) is -20.4. The molecule has 12 amide bonds. The summed E-state index contributed by atoms with van der Waals surface area (Å²) in [5.41, 5.74) is 17.7. The van der Waals surface area contributed by atoms with Gasteiger partial charge in [0.2, 0.25) is 70.9 Å². The predicted molar refractivity (Wildman–Crippen MR) is 443 cm³/mol. The SMILES string of the molecule is CC(C)C[C@H](NC(=O)[C@@H]1CCCN1C(=O)[C@H](CC(=O)O)NC(=O)[C@@H]1C[C@H](O[C@H]2O[C@@H](CO)[C@H](O)[C@H]2O[C@H]2O[C@@H](CO)[C@H](O)[C@H]2O[C@H]2O[C@@H](CO)[C@H](O)[C@H]2O)CN1C(=O)CNC(=O)[C@H](CO)NC(=O)[C@@H]1C[C@@H](O)CN1C(=O)[C@@H](NC(=O)[C@@H](NC(=O)[C@@H](N)CCCN=C(N)N)[C@@H](C)O)C(C)C)C(=O)N[C@@H](Cc1cnc[nH]1)C(=O)N[C@@H](Cc1cnc[nH]1)C(=O)N[C@@H](Cc1cnc[nH]1)C(=O)O. The Morgan fingerprint density at radius 2 is 1.03 bits per heavy atom. The van der Waals surface area contributed by atoms with E-state index in [9.17, 15) is 119 Å². The quantitative estimate of drug-likeness (QED) is 0.0142. The molecule has 0 spiro atoms. The van der Waals surface area contributed by atoms with E-state index in [1.807, 2.05) is 0 Å². The lowest BCUT2D eigenvalue weighted by Crippen LogP contribution is -2.61. The van der Waals surface area contributed by atoms with Crippen molar-refractivity contribution in [1.82, 2.24) is 92.5 Å². The van der Waals surface area contributed by atoms with Crippen LogP contribution in [0.5, 0.6) is 0 Å². The number of rotatable bonds is 48. The largest absolute Gasteiger partial charge is 0.481 e. The van der Waals surface area contributed by atoms with Crippen molar-refractivity contribution in [2.24, 2.45) is 34.0 Å². The number of aromatic amines is 3. The van der Waals surface area contributed by atoms with Crippen molar-refractivity contribution < 1.29 is 157 Å². The van der Waals surface area contributed by atoms with Crippen LogP contribution in [0.4, 0.5) is 0 Å². The summed E-state index contributed by atoms with van der Waals surface area (Å²) < 4.78 is 35.3. The molecule has 3 aromatic rings. The Morgan fingerprint density at radius 1 is 0.538 bits per heavy atom. The lowest BCUT2D eigenvalue weighted by atomic mass is 10.0. The minimum absolute atomic E-state index is 0.0512. The molecule has 6 saturated heterocycles. The Balaban J connectivity index is 0.926. The number of carboxylic acid groups (broad SMARTS) is 2. The van der Waals surface area contributed by atoms with Gasteiger partial charge >= 0.3 is 11.9 Å². The standard InChI is InChI=1S/C78H120N22O32/c1-32(2)12-41(65(116)90-42(13-35-19-82-29-87-35)66(117)91-43(14-36-20-83-30-88-36)67(118)94-45(74(125)126)15-37-21-84-31-89-37)92-68(119)47-9-7-11-98(47)72(123)44(18-54(108)109)93-70(121)49-17-39(127-76-61(58(111)51(27-103)129-76)132-77-62(59(112)52(28-104)130-77)131-75-60(113)57(110)50(26-102)128-75)24-99(49)53(107)22-86-64(115)46(25-101)95-69(120)48-16-38(106)23-100(48)73(124)55(33(3)4)96-71(122)56(34(5)105)97-63(114)40(79)8-6-10-85-78(80)81/h19-21,29-34,38-52,55-62,75-77,101-106,110-113H,6-18,22-28,79H2,1-5H3,(H,82,87)(H,83,88)(H,84,89)(H,86,115)(H,90,116)(H,91,117)(H,92,119)(H,93,121)(H,94,118)(H,95,120)(H,96,122)(H,97,114)(H,108,109)(H,125,126)(H4,80,81,85)/t34-,38-,39+,40+,41+,42+,43+,44+,45+,46+,47+,48+,49+,50+,51+,52+,55+,56+,57+,58+,59+,60-,61-,62-,75-,76+,77-/m1/s1. The van der Waals surface area contributed by atoms with Crippen molar-refractivity contribution in [3.8, 4) is 0 Å². The van der Waals surface area contributed by atoms with Crippen LogP contribution in [0.2, 0.25) is 0 Å². The molecule has 6 aliphatic heterocycles. The first-order valence-corrected chi connectivity index (χ1v) is 42.9.